The van der Waals surface area contributed by atoms with Gasteiger partial charge in [0.05, 0.1) is 11.2 Å². The number of pyridine rings is 1. The van der Waals surface area contributed by atoms with Crippen LogP contribution in [-0.2, 0) is 10.3 Å². The van der Waals surface area contributed by atoms with Crippen molar-refractivity contribution in [2.45, 2.75) is 43.4 Å². The fraction of sp³-hybridized carbons (Fsp3) is 0.346. The highest BCUT2D eigenvalue weighted by Gasteiger charge is 2.47. The summed E-state index contributed by atoms with van der Waals surface area (Å²) < 4.78 is 29.0. The molecule has 2 atom stereocenters. The van der Waals surface area contributed by atoms with Crippen molar-refractivity contribution < 1.29 is 13.6 Å². The summed E-state index contributed by atoms with van der Waals surface area (Å²) in [5, 5.41) is 2.83. The SMILES string of the molecule is CNC(=O)[C@@]1(C)C[C@@](C)(c2cc(/C=C(\F)c3ccc(C#CC4CC4)cn3)ccc2F)N=C(N)S1. The van der Waals surface area contributed by atoms with E-state index in [1.165, 1.54) is 18.2 Å². The second kappa shape index (κ2) is 9.22. The van der Waals surface area contributed by atoms with Crippen LogP contribution >= 0.6 is 11.8 Å². The number of carbonyl (C=O) groups excluding carboxylic acids is 1. The maximum atomic E-state index is 14.9. The van der Waals surface area contributed by atoms with Crippen LogP contribution < -0.4 is 11.1 Å². The number of nitrogens with one attached hydrogen (secondary N) is 1. The molecular formula is C26H26F2N4OS. The highest BCUT2D eigenvalue weighted by atomic mass is 32.2. The van der Waals surface area contributed by atoms with Gasteiger partial charge in [-0.25, -0.2) is 8.78 Å². The van der Waals surface area contributed by atoms with E-state index in [4.69, 9.17) is 5.73 Å². The zero-order valence-electron chi connectivity index (χ0n) is 19.3. The number of nitrogens with two attached hydrogens (primary N) is 1. The zero-order chi connectivity index (χ0) is 24.5. The number of aliphatic imine (C=N–C) groups is 1. The van der Waals surface area contributed by atoms with Gasteiger partial charge in [0.1, 0.15) is 16.4 Å². The Bertz CT molecular complexity index is 1240. The van der Waals surface area contributed by atoms with Crippen molar-refractivity contribution in [3.8, 4) is 11.8 Å². The lowest BCUT2D eigenvalue weighted by molar-refractivity contribution is -0.123. The first-order valence-electron chi connectivity index (χ1n) is 11.0. The molecule has 0 spiro atoms. The number of amides is 1. The van der Waals surface area contributed by atoms with Crippen molar-refractivity contribution in [1.82, 2.24) is 10.3 Å². The van der Waals surface area contributed by atoms with Crippen LogP contribution in [0.5, 0.6) is 0 Å². The number of carbonyl (C=O) groups is 1. The van der Waals surface area contributed by atoms with E-state index in [-0.39, 0.29) is 28.8 Å². The maximum absolute atomic E-state index is 14.9. The second-order valence-corrected chi connectivity index (χ2v) is 10.5. The fourth-order valence-electron chi connectivity index (χ4n) is 4.06. The van der Waals surface area contributed by atoms with E-state index in [2.05, 4.69) is 27.1 Å². The summed E-state index contributed by atoms with van der Waals surface area (Å²) in [7, 11) is 1.54. The zero-order valence-corrected chi connectivity index (χ0v) is 20.1. The second-order valence-electron chi connectivity index (χ2n) is 9.02. The highest BCUT2D eigenvalue weighted by molar-refractivity contribution is 8.15. The van der Waals surface area contributed by atoms with Gasteiger partial charge in [-0.05, 0) is 62.6 Å². The summed E-state index contributed by atoms with van der Waals surface area (Å²) in [6, 6.07) is 7.61. The Kier molecular flexibility index (Phi) is 6.50. The van der Waals surface area contributed by atoms with Crippen LogP contribution in [0.15, 0.2) is 41.5 Å². The van der Waals surface area contributed by atoms with E-state index in [1.807, 2.05) is 0 Å². The molecule has 2 heterocycles. The molecule has 5 nitrogen and oxygen atoms in total. The van der Waals surface area contributed by atoms with Gasteiger partial charge in [0.15, 0.2) is 5.17 Å². The normalized spacial score (nSPS) is 24.6. The summed E-state index contributed by atoms with van der Waals surface area (Å²) in [5.74, 6) is 5.40. The van der Waals surface area contributed by atoms with Crippen LogP contribution in [0.3, 0.4) is 0 Å². The number of thioether (sulfide) groups is 1. The van der Waals surface area contributed by atoms with Gasteiger partial charge in [0.25, 0.3) is 0 Å². The van der Waals surface area contributed by atoms with Crippen molar-refractivity contribution in [3.63, 3.8) is 0 Å². The van der Waals surface area contributed by atoms with Crippen molar-refractivity contribution in [3.05, 3.63) is 64.7 Å². The molecule has 1 aliphatic carbocycles. The van der Waals surface area contributed by atoms with E-state index >= 15 is 0 Å². The molecule has 8 heteroatoms. The predicted octanol–water partition coefficient (Wildman–Crippen LogP) is 4.62. The van der Waals surface area contributed by atoms with Crippen LogP contribution in [0.25, 0.3) is 11.9 Å². The molecule has 1 aromatic heterocycles. The first-order valence-corrected chi connectivity index (χ1v) is 11.9. The third kappa shape index (κ3) is 5.15. The molecule has 0 bridgehead atoms. The average molecular weight is 481 g/mol. The van der Waals surface area contributed by atoms with Gasteiger partial charge in [-0.2, -0.15) is 0 Å². The van der Waals surface area contributed by atoms with Gasteiger partial charge in [0.2, 0.25) is 5.91 Å². The molecule has 1 saturated carbocycles. The molecule has 1 fully saturated rings. The van der Waals surface area contributed by atoms with E-state index in [1.54, 1.807) is 45.3 Å². The lowest BCUT2D eigenvalue weighted by Gasteiger charge is -2.40. The first kappa shape index (κ1) is 24.0. The number of hydrogen-bond acceptors (Lipinski definition) is 5. The minimum Gasteiger partial charge on any atom is -0.378 e. The maximum Gasteiger partial charge on any atom is 0.236 e. The van der Waals surface area contributed by atoms with Gasteiger partial charge in [-0.15, -0.1) is 0 Å². The molecule has 4 rings (SSSR count). The highest BCUT2D eigenvalue weighted by Crippen LogP contribution is 2.46. The first-order chi connectivity index (χ1) is 16.1. The van der Waals surface area contributed by atoms with Crippen molar-refractivity contribution in [2.24, 2.45) is 16.6 Å². The van der Waals surface area contributed by atoms with Crippen molar-refractivity contribution in [1.29, 1.82) is 0 Å². The van der Waals surface area contributed by atoms with Crippen LogP contribution in [0, 0.1) is 23.6 Å². The number of aromatic nitrogens is 1. The monoisotopic (exact) mass is 480 g/mol. The largest absolute Gasteiger partial charge is 0.378 e. The lowest BCUT2D eigenvalue weighted by Crippen LogP contribution is -2.49. The van der Waals surface area contributed by atoms with E-state index in [0.717, 1.165) is 30.2 Å². The number of halogens is 2. The Labute approximate surface area is 202 Å². The van der Waals surface area contributed by atoms with Crippen molar-refractivity contribution in [2.75, 3.05) is 7.05 Å². The minimum atomic E-state index is -1.10. The fourth-order valence-corrected chi connectivity index (χ4v) is 5.32. The number of nitrogens with zero attached hydrogens (tertiary/aromatic N) is 2. The lowest BCUT2D eigenvalue weighted by atomic mass is 9.82. The van der Waals surface area contributed by atoms with Gasteiger partial charge in [-0.1, -0.05) is 29.7 Å². The molecule has 2 aliphatic rings. The summed E-state index contributed by atoms with van der Waals surface area (Å²) >= 11 is 1.15. The van der Waals surface area contributed by atoms with Crippen LogP contribution in [0.2, 0.25) is 0 Å². The molecule has 0 radical (unpaired) electrons. The average Bonchev–Trinajstić information content (AvgIpc) is 3.62. The van der Waals surface area contributed by atoms with Crippen LogP contribution in [0.1, 0.15) is 55.5 Å². The topological polar surface area (TPSA) is 80.4 Å². The Morgan fingerprint density at radius 1 is 1.29 bits per heavy atom. The quantitative estimate of drug-likeness (QED) is 0.626. The smallest absolute Gasteiger partial charge is 0.236 e. The molecular weight excluding hydrogens is 454 g/mol. The van der Waals surface area contributed by atoms with Gasteiger partial charge < -0.3 is 11.1 Å². The Morgan fingerprint density at radius 3 is 2.71 bits per heavy atom. The molecule has 1 aromatic carbocycles. The van der Waals surface area contributed by atoms with Gasteiger partial charge in [0, 0.05) is 36.7 Å². The van der Waals surface area contributed by atoms with Crippen LogP contribution in [0.4, 0.5) is 8.78 Å². The van der Waals surface area contributed by atoms with E-state index in [9.17, 15) is 13.6 Å². The van der Waals surface area contributed by atoms with E-state index < -0.39 is 21.9 Å². The number of amidine groups is 1. The molecule has 1 aliphatic heterocycles. The molecule has 1 amide bonds. The Hall–Kier alpha value is -3.18. The molecule has 0 saturated heterocycles. The Balaban J connectivity index is 1.63. The summed E-state index contributed by atoms with van der Waals surface area (Å²) in [6.45, 7) is 3.48. The van der Waals surface area contributed by atoms with E-state index in [0.29, 0.717) is 11.5 Å². The van der Waals surface area contributed by atoms with Crippen LogP contribution in [-0.4, -0.2) is 27.9 Å². The number of hydrogen-bond donors (Lipinski definition) is 2. The predicted molar refractivity (Wildman–Crippen MR) is 133 cm³/mol. The number of benzene rings is 1. The molecule has 34 heavy (non-hydrogen) atoms. The molecule has 176 valence electrons. The molecule has 3 N–H and O–H groups in total. The Morgan fingerprint density at radius 2 is 2.06 bits per heavy atom. The third-order valence-electron chi connectivity index (χ3n) is 5.95. The van der Waals surface area contributed by atoms with Gasteiger partial charge >= 0.3 is 0 Å². The van der Waals surface area contributed by atoms with Gasteiger partial charge in [-0.3, -0.25) is 14.8 Å². The minimum absolute atomic E-state index is 0.164. The third-order valence-corrected chi connectivity index (χ3v) is 7.03. The summed E-state index contributed by atoms with van der Waals surface area (Å²) in [4.78, 5) is 21.1. The molecule has 2 aromatic rings. The van der Waals surface area contributed by atoms with Crippen molar-refractivity contribution >= 4 is 34.7 Å². The summed E-state index contributed by atoms with van der Waals surface area (Å²) in [5.41, 5.74) is 6.53. The molecule has 0 unspecified atom stereocenters. The number of rotatable bonds is 4. The standard InChI is InChI=1S/C26H26F2N4OS/c1-25(15-26(2,23(33)30-3)34-24(29)32-25)19-12-18(8-10-20(19)27)13-21(28)22-11-9-17(14-31-22)7-6-16-4-5-16/h8-14,16H,4-5,15H2,1-3H3,(H2,29,32)(H,30,33)/b21-13-/t25-,26+/m0/s1. The summed E-state index contributed by atoms with van der Waals surface area (Å²) in [6.07, 6.45) is 5.34.